The molecule has 25 heavy (non-hydrogen) atoms. The Morgan fingerprint density at radius 2 is 1.88 bits per heavy atom. The van der Waals surface area contributed by atoms with E-state index in [4.69, 9.17) is 5.11 Å². The van der Waals surface area contributed by atoms with Crippen molar-refractivity contribution in [1.82, 2.24) is 10.2 Å². The van der Waals surface area contributed by atoms with E-state index >= 15 is 0 Å². The van der Waals surface area contributed by atoms with Gasteiger partial charge in [0.25, 0.3) is 0 Å². The minimum atomic E-state index is -0.934. The zero-order valence-electron chi connectivity index (χ0n) is 14.1. The predicted molar refractivity (Wildman–Crippen MR) is 91.9 cm³/mol. The number of carbonyl (C=O) groups excluding carboxylic acids is 1. The molecule has 134 valence electrons. The highest BCUT2D eigenvalue weighted by atomic mass is 19.2. The van der Waals surface area contributed by atoms with Crippen LogP contribution in [0.25, 0.3) is 0 Å². The van der Waals surface area contributed by atoms with Crippen molar-refractivity contribution in [3.63, 3.8) is 0 Å². The van der Waals surface area contributed by atoms with Gasteiger partial charge in [-0.1, -0.05) is 36.4 Å². The van der Waals surface area contributed by atoms with Crippen molar-refractivity contribution in [3.05, 3.63) is 71.3 Å². The summed E-state index contributed by atoms with van der Waals surface area (Å²) in [6.07, 6.45) is 1.16. The van der Waals surface area contributed by atoms with Crippen molar-refractivity contribution < 1.29 is 18.7 Å². The van der Waals surface area contributed by atoms with Gasteiger partial charge in [0.05, 0.1) is 6.04 Å². The van der Waals surface area contributed by atoms with Crippen molar-refractivity contribution in [3.8, 4) is 0 Å². The smallest absolute Gasteiger partial charge is 0.317 e. The maximum atomic E-state index is 13.3. The van der Waals surface area contributed by atoms with Gasteiger partial charge in [-0.05, 0) is 36.1 Å². The van der Waals surface area contributed by atoms with Crippen LogP contribution >= 0.6 is 0 Å². The Morgan fingerprint density at radius 1 is 1.16 bits per heavy atom. The average molecular weight is 348 g/mol. The highest BCUT2D eigenvalue weighted by Gasteiger charge is 2.17. The van der Waals surface area contributed by atoms with Crippen LogP contribution in [-0.4, -0.2) is 29.7 Å². The highest BCUT2D eigenvalue weighted by molar-refractivity contribution is 5.74. The number of aliphatic hydroxyl groups excluding tert-OH is 1. The van der Waals surface area contributed by atoms with Gasteiger partial charge < -0.3 is 15.3 Å². The van der Waals surface area contributed by atoms with Crippen LogP contribution in [0.5, 0.6) is 0 Å². The fourth-order valence-corrected chi connectivity index (χ4v) is 2.55. The second kappa shape index (κ2) is 9.13. The Labute approximate surface area is 146 Å². The Hall–Kier alpha value is -2.47. The SMILES string of the molecule is CN(Cc1ccc(F)c(F)c1)C(=O)NC(CCCO)c1ccccc1. The normalized spacial score (nSPS) is 11.8. The Bertz CT molecular complexity index is 695. The number of nitrogens with one attached hydrogen (secondary N) is 1. The topological polar surface area (TPSA) is 52.6 Å². The molecule has 0 radical (unpaired) electrons. The fourth-order valence-electron chi connectivity index (χ4n) is 2.55. The molecule has 0 aliphatic heterocycles. The van der Waals surface area contributed by atoms with E-state index in [0.29, 0.717) is 18.4 Å². The van der Waals surface area contributed by atoms with Crippen molar-refractivity contribution in [2.45, 2.75) is 25.4 Å². The van der Waals surface area contributed by atoms with Gasteiger partial charge in [-0.25, -0.2) is 13.6 Å². The molecule has 2 amide bonds. The molecular weight excluding hydrogens is 326 g/mol. The molecule has 0 bridgehead atoms. The quantitative estimate of drug-likeness (QED) is 0.803. The number of urea groups is 1. The van der Waals surface area contributed by atoms with Crippen molar-refractivity contribution in [2.24, 2.45) is 0 Å². The number of amides is 2. The molecule has 2 rings (SSSR count). The van der Waals surface area contributed by atoms with E-state index in [2.05, 4.69) is 5.32 Å². The molecule has 2 N–H and O–H groups in total. The molecule has 2 aromatic rings. The number of nitrogens with zero attached hydrogens (tertiary/aromatic N) is 1. The molecule has 0 aliphatic rings. The van der Waals surface area contributed by atoms with E-state index in [1.54, 1.807) is 7.05 Å². The van der Waals surface area contributed by atoms with Gasteiger partial charge >= 0.3 is 6.03 Å². The third kappa shape index (κ3) is 5.53. The molecule has 1 unspecified atom stereocenters. The van der Waals surface area contributed by atoms with E-state index < -0.39 is 11.6 Å². The van der Waals surface area contributed by atoms with E-state index in [1.165, 1.54) is 11.0 Å². The number of hydrogen-bond acceptors (Lipinski definition) is 2. The Morgan fingerprint density at radius 3 is 2.52 bits per heavy atom. The summed E-state index contributed by atoms with van der Waals surface area (Å²) in [5, 5.41) is 12.0. The highest BCUT2D eigenvalue weighted by Crippen LogP contribution is 2.19. The molecule has 1 atom stereocenters. The van der Waals surface area contributed by atoms with E-state index in [1.807, 2.05) is 30.3 Å². The summed E-state index contributed by atoms with van der Waals surface area (Å²) in [5.74, 6) is -1.85. The molecule has 0 aromatic heterocycles. The molecule has 6 heteroatoms. The zero-order chi connectivity index (χ0) is 18.2. The van der Waals surface area contributed by atoms with E-state index in [0.717, 1.165) is 17.7 Å². The van der Waals surface area contributed by atoms with Gasteiger partial charge in [-0.2, -0.15) is 0 Å². The van der Waals surface area contributed by atoms with Gasteiger partial charge in [0.15, 0.2) is 11.6 Å². The summed E-state index contributed by atoms with van der Waals surface area (Å²) in [4.78, 5) is 13.8. The fraction of sp³-hybridized carbons (Fsp3) is 0.316. The second-order valence-corrected chi connectivity index (χ2v) is 5.88. The summed E-state index contributed by atoms with van der Waals surface area (Å²) in [7, 11) is 1.59. The molecule has 4 nitrogen and oxygen atoms in total. The average Bonchev–Trinajstić information content (AvgIpc) is 2.62. The van der Waals surface area contributed by atoms with Crippen LogP contribution in [0.4, 0.5) is 13.6 Å². The first-order valence-corrected chi connectivity index (χ1v) is 8.12. The molecule has 0 fully saturated rings. The van der Waals surface area contributed by atoms with Crippen LogP contribution in [0.3, 0.4) is 0 Å². The third-order valence-electron chi connectivity index (χ3n) is 3.90. The molecule has 0 heterocycles. The first-order chi connectivity index (χ1) is 12.0. The predicted octanol–water partition coefficient (Wildman–Crippen LogP) is 3.62. The molecule has 0 saturated carbocycles. The first kappa shape index (κ1) is 18.9. The first-order valence-electron chi connectivity index (χ1n) is 8.12. The molecule has 2 aromatic carbocycles. The van der Waals surface area contributed by atoms with Crippen molar-refractivity contribution >= 4 is 6.03 Å². The summed E-state index contributed by atoms with van der Waals surface area (Å²) >= 11 is 0. The van der Waals surface area contributed by atoms with Gasteiger partial charge in [0, 0.05) is 20.2 Å². The lowest BCUT2D eigenvalue weighted by atomic mass is 10.0. The standard InChI is InChI=1S/C19H22F2N2O2/c1-23(13-14-9-10-16(20)17(21)12-14)19(25)22-18(8-5-11-24)15-6-3-2-4-7-15/h2-4,6-7,9-10,12,18,24H,5,8,11,13H2,1H3,(H,22,25). The Balaban J connectivity index is 2.02. The number of rotatable bonds is 7. The number of aliphatic hydroxyl groups is 1. The van der Waals surface area contributed by atoms with Gasteiger partial charge in [-0.15, -0.1) is 0 Å². The van der Waals surface area contributed by atoms with Gasteiger partial charge in [-0.3, -0.25) is 0 Å². The second-order valence-electron chi connectivity index (χ2n) is 5.88. The number of benzene rings is 2. The summed E-state index contributed by atoms with van der Waals surface area (Å²) in [6, 6.07) is 12.5. The monoisotopic (exact) mass is 348 g/mol. The zero-order valence-corrected chi connectivity index (χ0v) is 14.1. The van der Waals surface area contributed by atoms with E-state index in [9.17, 15) is 13.6 Å². The van der Waals surface area contributed by atoms with Crippen molar-refractivity contribution in [2.75, 3.05) is 13.7 Å². The lowest BCUT2D eigenvalue weighted by Crippen LogP contribution is -2.39. The van der Waals surface area contributed by atoms with Gasteiger partial charge in [0.1, 0.15) is 0 Å². The molecule has 0 saturated heterocycles. The maximum absolute atomic E-state index is 13.3. The van der Waals surface area contributed by atoms with E-state index in [-0.39, 0.29) is 25.2 Å². The van der Waals surface area contributed by atoms with Crippen LogP contribution in [-0.2, 0) is 6.54 Å². The van der Waals surface area contributed by atoms with Gasteiger partial charge in [0.2, 0.25) is 0 Å². The van der Waals surface area contributed by atoms with Crippen LogP contribution in [0.2, 0.25) is 0 Å². The number of halogens is 2. The minimum Gasteiger partial charge on any atom is -0.396 e. The number of carbonyl (C=O) groups is 1. The molecule has 0 spiro atoms. The minimum absolute atomic E-state index is 0.0455. The van der Waals surface area contributed by atoms with Crippen LogP contribution in [0.1, 0.15) is 30.0 Å². The summed E-state index contributed by atoms with van der Waals surface area (Å²) < 4.78 is 26.3. The van der Waals surface area contributed by atoms with Crippen molar-refractivity contribution in [1.29, 1.82) is 0 Å². The summed E-state index contributed by atoms with van der Waals surface area (Å²) in [5.41, 5.74) is 1.45. The largest absolute Gasteiger partial charge is 0.396 e. The lowest BCUT2D eigenvalue weighted by molar-refractivity contribution is 0.200. The van der Waals surface area contributed by atoms with Crippen LogP contribution in [0, 0.1) is 11.6 Å². The lowest BCUT2D eigenvalue weighted by Gasteiger charge is -2.24. The van der Waals surface area contributed by atoms with Crippen LogP contribution < -0.4 is 5.32 Å². The summed E-state index contributed by atoms with van der Waals surface area (Å²) in [6.45, 7) is 0.203. The van der Waals surface area contributed by atoms with Crippen LogP contribution in [0.15, 0.2) is 48.5 Å². The third-order valence-corrected chi connectivity index (χ3v) is 3.90. The Kier molecular flexibility index (Phi) is 6.89. The molecular formula is C19H22F2N2O2. The maximum Gasteiger partial charge on any atom is 0.317 e. The molecule has 0 aliphatic carbocycles. The number of hydrogen-bond donors (Lipinski definition) is 2.